The molecule has 0 aromatic heterocycles. The third-order valence-electron chi connectivity index (χ3n) is 2.69. The molecule has 0 unspecified atom stereocenters. The van der Waals surface area contributed by atoms with Gasteiger partial charge in [0.05, 0.1) is 21.1 Å². The van der Waals surface area contributed by atoms with E-state index in [1.807, 2.05) is 0 Å². The van der Waals surface area contributed by atoms with Crippen molar-refractivity contribution in [3.63, 3.8) is 0 Å². The molecule has 1 N–H and O–H groups in total. The molecule has 0 fully saturated rings. The number of nitriles is 1. The molecule has 0 aliphatic carbocycles. The van der Waals surface area contributed by atoms with Crippen molar-refractivity contribution in [2.24, 2.45) is 0 Å². The average Bonchev–Trinajstić information content (AvgIpc) is 2.47. The van der Waals surface area contributed by atoms with Crippen LogP contribution in [0.3, 0.4) is 0 Å². The number of rotatable bonds is 4. The van der Waals surface area contributed by atoms with Crippen molar-refractivity contribution in [2.45, 2.75) is 4.90 Å². The zero-order valence-corrected chi connectivity index (χ0v) is 13.3. The summed E-state index contributed by atoms with van der Waals surface area (Å²) in [7, 11) is -3.90. The van der Waals surface area contributed by atoms with E-state index in [1.54, 1.807) is 18.2 Å². The lowest BCUT2D eigenvalue weighted by Crippen LogP contribution is -2.14. The molecule has 0 saturated heterocycles. The van der Waals surface area contributed by atoms with E-state index in [9.17, 15) is 18.5 Å². The molecule has 0 atom stereocenters. The number of sulfonamides is 1. The first-order valence-corrected chi connectivity index (χ1v) is 8.08. The quantitative estimate of drug-likeness (QED) is 0.645. The molecule has 0 amide bonds. The first-order valence-electron chi connectivity index (χ1n) is 5.80. The molecule has 0 spiro atoms. The summed E-state index contributed by atoms with van der Waals surface area (Å²) in [5, 5.41) is 19.7. The zero-order chi connectivity index (χ0) is 16.3. The van der Waals surface area contributed by atoms with Crippen molar-refractivity contribution in [1.82, 2.24) is 0 Å². The van der Waals surface area contributed by atoms with Gasteiger partial charge in [0, 0.05) is 16.6 Å². The molecular formula is C13H8BrN3O4S. The van der Waals surface area contributed by atoms with E-state index in [0.29, 0.717) is 4.47 Å². The van der Waals surface area contributed by atoms with Gasteiger partial charge in [0.2, 0.25) is 0 Å². The van der Waals surface area contributed by atoms with Crippen molar-refractivity contribution in [3.05, 3.63) is 62.6 Å². The first-order chi connectivity index (χ1) is 10.3. The molecule has 2 aromatic rings. The predicted molar refractivity (Wildman–Crippen MR) is 82.8 cm³/mol. The van der Waals surface area contributed by atoms with Crippen LogP contribution in [0.4, 0.5) is 11.4 Å². The molecule has 0 saturated carbocycles. The summed E-state index contributed by atoms with van der Waals surface area (Å²) in [6, 6.07) is 11.1. The van der Waals surface area contributed by atoms with Gasteiger partial charge in [0.15, 0.2) is 0 Å². The normalized spacial score (nSPS) is 10.7. The SMILES string of the molecule is N#Cc1cc([N+](=O)[O-])ccc1NS(=O)(=O)c1cccc(Br)c1. The Morgan fingerprint density at radius 2 is 1.95 bits per heavy atom. The Kier molecular flexibility index (Phi) is 4.44. The van der Waals surface area contributed by atoms with E-state index in [0.717, 1.165) is 12.1 Å². The minimum Gasteiger partial charge on any atom is -0.278 e. The molecule has 2 aromatic carbocycles. The third kappa shape index (κ3) is 3.41. The predicted octanol–water partition coefficient (Wildman–Crippen LogP) is 3.03. The number of anilines is 1. The number of nitrogens with one attached hydrogen (secondary N) is 1. The van der Waals surface area contributed by atoms with E-state index in [4.69, 9.17) is 5.26 Å². The maximum absolute atomic E-state index is 12.3. The van der Waals surface area contributed by atoms with E-state index in [2.05, 4.69) is 20.7 Å². The number of benzene rings is 2. The summed E-state index contributed by atoms with van der Waals surface area (Å²) in [4.78, 5) is 10.0. The fraction of sp³-hybridized carbons (Fsp3) is 0. The summed E-state index contributed by atoms with van der Waals surface area (Å²) in [5.41, 5.74) is -0.442. The lowest BCUT2D eigenvalue weighted by molar-refractivity contribution is -0.384. The highest BCUT2D eigenvalue weighted by Crippen LogP contribution is 2.25. The second-order valence-corrected chi connectivity index (χ2v) is 6.76. The molecule has 0 aliphatic rings. The summed E-state index contributed by atoms with van der Waals surface area (Å²) in [6.45, 7) is 0. The van der Waals surface area contributed by atoms with Crippen molar-refractivity contribution in [3.8, 4) is 6.07 Å². The number of nitro benzene ring substituents is 1. The standard InChI is InChI=1S/C13H8BrN3O4S/c14-10-2-1-3-12(7-10)22(20,21)16-13-5-4-11(17(18)19)6-9(13)8-15/h1-7,16H. The molecule has 9 heteroatoms. The summed E-state index contributed by atoms with van der Waals surface area (Å²) >= 11 is 3.17. The Hall–Kier alpha value is -2.44. The topological polar surface area (TPSA) is 113 Å². The lowest BCUT2D eigenvalue weighted by atomic mass is 10.2. The second kappa shape index (κ2) is 6.13. The number of nitrogens with zero attached hydrogens (tertiary/aromatic N) is 2. The minimum absolute atomic E-state index is 0.00381. The van der Waals surface area contributed by atoms with Gasteiger partial charge in [-0.05, 0) is 24.3 Å². The van der Waals surface area contributed by atoms with Crippen LogP contribution in [0.5, 0.6) is 0 Å². The average molecular weight is 382 g/mol. The molecule has 0 radical (unpaired) electrons. The number of non-ortho nitro benzene ring substituents is 1. The van der Waals surface area contributed by atoms with Gasteiger partial charge in [-0.15, -0.1) is 0 Å². The summed E-state index contributed by atoms with van der Waals surface area (Å²) < 4.78 is 27.4. The largest absolute Gasteiger partial charge is 0.278 e. The number of halogens is 1. The van der Waals surface area contributed by atoms with Gasteiger partial charge in [0.25, 0.3) is 15.7 Å². The minimum atomic E-state index is -3.90. The van der Waals surface area contributed by atoms with Gasteiger partial charge >= 0.3 is 0 Å². The maximum Gasteiger partial charge on any atom is 0.270 e. The van der Waals surface area contributed by atoms with Crippen LogP contribution in [0.15, 0.2) is 51.8 Å². The van der Waals surface area contributed by atoms with Crippen molar-refractivity contribution in [1.29, 1.82) is 5.26 Å². The van der Waals surface area contributed by atoms with Gasteiger partial charge < -0.3 is 0 Å². The fourth-order valence-corrected chi connectivity index (χ4v) is 3.34. The molecular weight excluding hydrogens is 374 g/mol. The molecule has 22 heavy (non-hydrogen) atoms. The molecule has 0 aliphatic heterocycles. The highest BCUT2D eigenvalue weighted by Gasteiger charge is 2.18. The Morgan fingerprint density at radius 3 is 2.55 bits per heavy atom. The third-order valence-corrected chi connectivity index (χ3v) is 4.54. The van der Waals surface area contributed by atoms with Crippen LogP contribution in [0.2, 0.25) is 0 Å². The molecule has 112 valence electrons. The van der Waals surface area contributed by atoms with Gasteiger partial charge in [-0.2, -0.15) is 5.26 Å². The Labute approximate surface area is 134 Å². The maximum atomic E-state index is 12.3. The van der Waals surface area contributed by atoms with Crippen molar-refractivity contribution in [2.75, 3.05) is 4.72 Å². The van der Waals surface area contributed by atoms with E-state index >= 15 is 0 Å². The van der Waals surface area contributed by atoms with Crippen LogP contribution >= 0.6 is 15.9 Å². The first kappa shape index (κ1) is 15.9. The highest BCUT2D eigenvalue weighted by molar-refractivity contribution is 9.10. The smallest absolute Gasteiger partial charge is 0.270 e. The Balaban J connectivity index is 2.42. The zero-order valence-electron chi connectivity index (χ0n) is 10.9. The number of nitro groups is 1. The van der Waals surface area contributed by atoms with Gasteiger partial charge in [-0.25, -0.2) is 8.42 Å². The molecule has 0 heterocycles. The van der Waals surface area contributed by atoms with Gasteiger partial charge in [-0.1, -0.05) is 22.0 Å². The number of hydrogen-bond donors (Lipinski definition) is 1. The second-order valence-electron chi connectivity index (χ2n) is 4.16. The van der Waals surface area contributed by atoms with Crippen LogP contribution in [-0.2, 0) is 10.0 Å². The van der Waals surface area contributed by atoms with Crippen LogP contribution in [0.25, 0.3) is 0 Å². The molecule has 7 nitrogen and oxygen atoms in total. The number of hydrogen-bond acceptors (Lipinski definition) is 5. The van der Waals surface area contributed by atoms with Crippen LogP contribution in [0.1, 0.15) is 5.56 Å². The van der Waals surface area contributed by atoms with Crippen molar-refractivity contribution < 1.29 is 13.3 Å². The summed E-state index contributed by atoms with van der Waals surface area (Å²) in [6.07, 6.45) is 0. The highest BCUT2D eigenvalue weighted by atomic mass is 79.9. The molecule has 2 rings (SSSR count). The van der Waals surface area contributed by atoms with Crippen LogP contribution in [-0.4, -0.2) is 13.3 Å². The fourth-order valence-electron chi connectivity index (χ4n) is 1.67. The summed E-state index contributed by atoms with van der Waals surface area (Å²) in [5.74, 6) is 0. The van der Waals surface area contributed by atoms with E-state index in [-0.39, 0.29) is 21.8 Å². The van der Waals surface area contributed by atoms with E-state index in [1.165, 1.54) is 18.2 Å². The van der Waals surface area contributed by atoms with Gasteiger partial charge in [0.1, 0.15) is 6.07 Å². The van der Waals surface area contributed by atoms with Crippen LogP contribution < -0.4 is 4.72 Å². The monoisotopic (exact) mass is 381 g/mol. The Morgan fingerprint density at radius 1 is 1.23 bits per heavy atom. The molecule has 0 bridgehead atoms. The van der Waals surface area contributed by atoms with Gasteiger partial charge in [-0.3, -0.25) is 14.8 Å². The lowest BCUT2D eigenvalue weighted by Gasteiger charge is -2.09. The Bertz CT molecular complexity index is 890. The van der Waals surface area contributed by atoms with Crippen LogP contribution in [0, 0.1) is 21.4 Å². The van der Waals surface area contributed by atoms with E-state index < -0.39 is 14.9 Å². The van der Waals surface area contributed by atoms with Crippen molar-refractivity contribution >= 4 is 37.3 Å².